The first kappa shape index (κ1) is 18.8. The Kier molecular flexibility index (Phi) is 4.52. The van der Waals surface area contributed by atoms with Gasteiger partial charge in [-0.1, -0.05) is 42.5 Å². The van der Waals surface area contributed by atoms with E-state index >= 15 is 0 Å². The molecule has 152 valence electrons. The van der Waals surface area contributed by atoms with Crippen LogP contribution in [0.2, 0.25) is 0 Å². The topological polar surface area (TPSA) is 70.1 Å². The first-order valence-corrected chi connectivity index (χ1v) is 10.3. The number of benzene rings is 2. The van der Waals surface area contributed by atoms with E-state index in [2.05, 4.69) is 0 Å². The molecule has 0 radical (unpaired) electrons. The summed E-state index contributed by atoms with van der Waals surface area (Å²) in [7, 11) is 0. The van der Waals surface area contributed by atoms with Crippen molar-refractivity contribution in [3.63, 3.8) is 0 Å². The molecular formula is C22H17FN2O4S. The van der Waals surface area contributed by atoms with E-state index in [-0.39, 0.29) is 25.0 Å². The summed E-state index contributed by atoms with van der Waals surface area (Å²) in [5, 5.41) is 13.1. The minimum absolute atomic E-state index is 0.209. The number of hydrogen-bond donors (Lipinski definition) is 1. The largest absolute Gasteiger partial charge is 0.479 e. The Morgan fingerprint density at radius 1 is 1.17 bits per heavy atom. The number of rotatable bonds is 5. The molecule has 2 aliphatic heterocycles. The van der Waals surface area contributed by atoms with E-state index in [0.717, 1.165) is 10.4 Å². The van der Waals surface area contributed by atoms with E-state index in [1.165, 1.54) is 33.4 Å². The normalized spacial score (nSPS) is 19.8. The smallest absolute Gasteiger partial charge is 0.345 e. The quantitative estimate of drug-likeness (QED) is 0.650. The number of aliphatic carboxylic acids is 1. The number of halogens is 1. The molecule has 1 N–H and O–H groups in total. The van der Waals surface area contributed by atoms with Crippen LogP contribution in [-0.4, -0.2) is 33.6 Å². The van der Waals surface area contributed by atoms with Gasteiger partial charge in [-0.15, -0.1) is 11.3 Å². The molecule has 2 aromatic carbocycles. The van der Waals surface area contributed by atoms with Crippen molar-refractivity contribution in [2.75, 3.05) is 6.54 Å². The molecule has 2 bridgehead atoms. The second-order valence-corrected chi connectivity index (χ2v) is 8.12. The highest BCUT2D eigenvalue weighted by molar-refractivity contribution is 7.10. The van der Waals surface area contributed by atoms with Crippen LogP contribution >= 0.6 is 11.3 Å². The first-order chi connectivity index (χ1) is 14.5. The van der Waals surface area contributed by atoms with Crippen molar-refractivity contribution >= 4 is 23.3 Å². The summed E-state index contributed by atoms with van der Waals surface area (Å²) in [6.45, 7) is 0.459. The molecule has 1 aromatic heterocycles. The van der Waals surface area contributed by atoms with Crippen LogP contribution in [-0.2, 0) is 16.2 Å². The van der Waals surface area contributed by atoms with Crippen LogP contribution in [0.25, 0.3) is 11.1 Å². The highest BCUT2D eigenvalue weighted by Gasteiger charge is 2.52. The van der Waals surface area contributed by atoms with Crippen LogP contribution in [0.5, 0.6) is 0 Å². The monoisotopic (exact) mass is 424 g/mol. The Labute approximate surface area is 175 Å². The number of urea groups is 1. The van der Waals surface area contributed by atoms with Crippen molar-refractivity contribution in [1.29, 1.82) is 0 Å². The zero-order valence-electron chi connectivity index (χ0n) is 15.7. The maximum absolute atomic E-state index is 13.4. The first-order valence-electron chi connectivity index (χ1n) is 9.41. The fourth-order valence-corrected chi connectivity index (χ4v) is 5.24. The maximum Gasteiger partial charge on any atom is 0.345 e. The fraction of sp³-hybridized carbons (Fsp3) is 0.182. The van der Waals surface area contributed by atoms with Crippen molar-refractivity contribution in [2.24, 2.45) is 0 Å². The lowest BCUT2D eigenvalue weighted by Gasteiger charge is -2.28. The van der Waals surface area contributed by atoms with Crippen LogP contribution < -0.4 is 0 Å². The predicted octanol–water partition coefficient (Wildman–Crippen LogP) is 4.60. The number of fused-ring (bicyclic) bond motifs is 4. The summed E-state index contributed by atoms with van der Waals surface area (Å²) in [4.78, 5) is 33.1. The lowest BCUT2D eigenvalue weighted by molar-refractivity contribution is -0.143. The number of hydrogen-bond acceptors (Lipinski definition) is 4. The van der Waals surface area contributed by atoms with Gasteiger partial charge < -0.3 is 10.0 Å². The number of amides is 2. The van der Waals surface area contributed by atoms with Gasteiger partial charge in [-0.2, -0.15) is 5.06 Å². The summed E-state index contributed by atoms with van der Waals surface area (Å²) in [6.07, 6.45) is 0. The molecule has 30 heavy (non-hydrogen) atoms. The highest BCUT2D eigenvalue weighted by atomic mass is 32.1. The lowest BCUT2D eigenvalue weighted by atomic mass is 9.92. The number of carboxylic acid groups (broad SMARTS) is 1. The van der Waals surface area contributed by atoms with Crippen LogP contribution in [0, 0.1) is 5.82 Å². The van der Waals surface area contributed by atoms with Gasteiger partial charge in [0, 0.05) is 10.4 Å². The third-order valence-electron chi connectivity index (χ3n) is 5.44. The van der Waals surface area contributed by atoms with Gasteiger partial charge in [0.25, 0.3) is 0 Å². The number of carbonyl (C=O) groups is 2. The second kappa shape index (κ2) is 7.23. The van der Waals surface area contributed by atoms with Crippen molar-refractivity contribution in [3.05, 3.63) is 81.8 Å². The maximum atomic E-state index is 13.4. The zero-order valence-corrected chi connectivity index (χ0v) is 16.5. The second-order valence-electron chi connectivity index (χ2n) is 7.21. The molecule has 1 fully saturated rings. The molecule has 1 saturated heterocycles. The van der Waals surface area contributed by atoms with E-state index in [9.17, 15) is 19.1 Å². The fourth-order valence-electron chi connectivity index (χ4n) is 4.06. The van der Waals surface area contributed by atoms with Gasteiger partial charge in [0.15, 0.2) is 6.04 Å². The molecule has 3 heterocycles. The summed E-state index contributed by atoms with van der Waals surface area (Å²) < 4.78 is 13.4. The molecule has 8 heteroatoms. The van der Waals surface area contributed by atoms with Gasteiger partial charge in [0.1, 0.15) is 18.5 Å². The van der Waals surface area contributed by atoms with Crippen LogP contribution in [0.15, 0.2) is 60.0 Å². The molecule has 2 unspecified atom stereocenters. The summed E-state index contributed by atoms with van der Waals surface area (Å²) in [5.41, 5.74) is 2.91. The molecule has 2 aliphatic rings. The highest BCUT2D eigenvalue weighted by Crippen LogP contribution is 2.50. The van der Waals surface area contributed by atoms with Gasteiger partial charge in [0.05, 0.1) is 6.54 Å². The number of carboxylic acids is 1. The SMILES string of the molecule is O=C(O)C1c2c(-c3ccc(F)cc3)csc2C2CN1C(=O)N2OCc1ccccc1. The molecule has 2 amide bonds. The summed E-state index contributed by atoms with van der Waals surface area (Å²) in [6, 6.07) is 13.4. The van der Waals surface area contributed by atoms with Gasteiger partial charge in [-0.25, -0.2) is 14.0 Å². The minimum Gasteiger partial charge on any atom is -0.479 e. The van der Waals surface area contributed by atoms with E-state index in [4.69, 9.17) is 4.84 Å². The van der Waals surface area contributed by atoms with Gasteiger partial charge in [-0.3, -0.25) is 4.84 Å². The van der Waals surface area contributed by atoms with Crippen molar-refractivity contribution in [2.45, 2.75) is 18.7 Å². The van der Waals surface area contributed by atoms with Crippen LogP contribution in [0.1, 0.15) is 28.1 Å². The minimum atomic E-state index is -1.11. The van der Waals surface area contributed by atoms with Gasteiger partial charge in [-0.05, 0) is 34.2 Å². The van der Waals surface area contributed by atoms with E-state index in [1.807, 2.05) is 35.7 Å². The standard InChI is InChI=1S/C22H17FN2O4S/c23-15-8-6-14(7-9-15)16-12-30-20-17-10-24(19(18(16)20)21(26)27)22(28)25(17)29-11-13-4-2-1-3-5-13/h1-9,12,17,19H,10-11H2,(H,26,27). The molecular weight excluding hydrogens is 407 g/mol. The Balaban J connectivity index is 1.53. The Bertz CT molecular complexity index is 1120. The predicted molar refractivity (Wildman–Crippen MR) is 108 cm³/mol. The molecule has 2 atom stereocenters. The number of hydroxylamine groups is 2. The van der Waals surface area contributed by atoms with Gasteiger partial charge in [0.2, 0.25) is 0 Å². The van der Waals surface area contributed by atoms with Crippen molar-refractivity contribution in [1.82, 2.24) is 9.96 Å². The van der Waals surface area contributed by atoms with Gasteiger partial charge >= 0.3 is 12.0 Å². The van der Waals surface area contributed by atoms with Crippen LogP contribution in [0.3, 0.4) is 0 Å². The zero-order chi connectivity index (χ0) is 20.8. The van der Waals surface area contributed by atoms with Crippen LogP contribution in [0.4, 0.5) is 9.18 Å². The van der Waals surface area contributed by atoms with E-state index < -0.39 is 18.0 Å². The number of thiophene rings is 1. The third kappa shape index (κ3) is 2.96. The lowest BCUT2D eigenvalue weighted by Crippen LogP contribution is -2.38. The molecule has 3 aromatic rings. The average Bonchev–Trinajstić information content (AvgIpc) is 3.29. The molecule has 5 rings (SSSR count). The summed E-state index contributed by atoms with van der Waals surface area (Å²) in [5.74, 6) is -1.47. The Hall–Kier alpha value is -3.23. The number of carbonyl (C=O) groups excluding carboxylic acids is 1. The van der Waals surface area contributed by atoms with E-state index in [1.54, 1.807) is 12.1 Å². The molecule has 0 saturated carbocycles. The Morgan fingerprint density at radius 2 is 1.90 bits per heavy atom. The summed E-state index contributed by atoms with van der Waals surface area (Å²) >= 11 is 1.40. The molecule has 0 aliphatic carbocycles. The van der Waals surface area contributed by atoms with Crippen molar-refractivity contribution in [3.8, 4) is 11.1 Å². The third-order valence-corrected chi connectivity index (χ3v) is 6.54. The number of nitrogens with zero attached hydrogens (tertiary/aromatic N) is 2. The average molecular weight is 424 g/mol. The molecule has 0 spiro atoms. The van der Waals surface area contributed by atoms with E-state index in [0.29, 0.717) is 16.7 Å². The Morgan fingerprint density at radius 3 is 2.60 bits per heavy atom. The van der Waals surface area contributed by atoms with Crippen molar-refractivity contribution < 1.29 is 23.9 Å². The molecule has 6 nitrogen and oxygen atoms in total.